The van der Waals surface area contributed by atoms with Gasteiger partial charge in [-0.15, -0.1) is 0 Å². The molecular weight excluding hydrogens is 230 g/mol. The fraction of sp³-hybridized carbons (Fsp3) is 0.100. The SMILES string of the molecule is Cc1nonc1-c1nc2c(F)c(F)ccc2[nH]1. The van der Waals surface area contributed by atoms with E-state index in [-0.39, 0.29) is 5.52 Å². The number of hydrogen-bond donors (Lipinski definition) is 1. The maximum atomic E-state index is 13.4. The minimum absolute atomic E-state index is 0.0672. The average molecular weight is 236 g/mol. The Morgan fingerprint density at radius 1 is 1.24 bits per heavy atom. The van der Waals surface area contributed by atoms with Crippen molar-refractivity contribution in [2.75, 3.05) is 0 Å². The average Bonchev–Trinajstić information content (AvgIpc) is 2.89. The number of imidazole rings is 1. The van der Waals surface area contributed by atoms with E-state index in [0.717, 1.165) is 6.07 Å². The van der Waals surface area contributed by atoms with Gasteiger partial charge in [-0.1, -0.05) is 5.16 Å². The van der Waals surface area contributed by atoms with Gasteiger partial charge in [0, 0.05) is 0 Å². The van der Waals surface area contributed by atoms with Gasteiger partial charge in [0.25, 0.3) is 0 Å². The number of H-pyrrole nitrogens is 1. The predicted molar refractivity (Wildman–Crippen MR) is 54.0 cm³/mol. The van der Waals surface area contributed by atoms with Crippen LogP contribution in [0.1, 0.15) is 5.69 Å². The van der Waals surface area contributed by atoms with Crippen molar-refractivity contribution in [2.24, 2.45) is 0 Å². The maximum Gasteiger partial charge on any atom is 0.186 e. The summed E-state index contributed by atoms with van der Waals surface area (Å²) in [4.78, 5) is 6.77. The minimum atomic E-state index is -0.987. The molecule has 86 valence electrons. The lowest BCUT2D eigenvalue weighted by atomic mass is 10.3. The number of benzene rings is 1. The smallest absolute Gasteiger partial charge is 0.186 e. The molecule has 7 heteroatoms. The third kappa shape index (κ3) is 1.39. The number of rotatable bonds is 1. The molecule has 3 aromatic rings. The normalized spacial score (nSPS) is 11.2. The largest absolute Gasteiger partial charge is 0.336 e. The van der Waals surface area contributed by atoms with Crippen LogP contribution in [0.25, 0.3) is 22.6 Å². The fourth-order valence-electron chi connectivity index (χ4n) is 1.58. The fourth-order valence-corrected chi connectivity index (χ4v) is 1.58. The molecule has 0 aliphatic carbocycles. The summed E-state index contributed by atoms with van der Waals surface area (Å²) in [6.07, 6.45) is 0. The molecule has 1 N–H and O–H groups in total. The Morgan fingerprint density at radius 3 is 2.76 bits per heavy atom. The summed E-state index contributed by atoms with van der Waals surface area (Å²) in [7, 11) is 0. The summed E-state index contributed by atoms with van der Waals surface area (Å²) in [5, 5.41) is 7.23. The molecule has 5 nitrogen and oxygen atoms in total. The first kappa shape index (κ1) is 9.88. The van der Waals surface area contributed by atoms with Crippen molar-refractivity contribution in [3.05, 3.63) is 29.5 Å². The first-order valence-corrected chi connectivity index (χ1v) is 4.80. The van der Waals surface area contributed by atoms with Gasteiger partial charge in [-0.25, -0.2) is 18.4 Å². The van der Waals surface area contributed by atoms with Gasteiger partial charge < -0.3 is 4.98 Å². The van der Waals surface area contributed by atoms with Gasteiger partial charge in [0.2, 0.25) is 0 Å². The van der Waals surface area contributed by atoms with E-state index >= 15 is 0 Å². The number of hydrogen-bond acceptors (Lipinski definition) is 4. The Bertz CT molecular complexity index is 703. The zero-order valence-electron chi connectivity index (χ0n) is 8.66. The molecule has 0 amide bonds. The third-order valence-electron chi connectivity index (χ3n) is 2.42. The van der Waals surface area contributed by atoms with E-state index < -0.39 is 11.6 Å². The van der Waals surface area contributed by atoms with Crippen molar-refractivity contribution in [3.63, 3.8) is 0 Å². The number of aryl methyl sites for hydroxylation is 1. The second-order valence-electron chi connectivity index (χ2n) is 3.54. The molecule has 2 aromatic heterocycles. The molecule has 2 heterocycles. The van der Waals surface area contributed by atoms with Crippen LogP contribution in [-0.4, -0.2) is 20.3 Å². The van der Waals surface area contributed by atoms with Crippen LogP contribution in [0.3, 0.4) is 0 Å². The second kappa shape index (κ2) is 3.34. The maximum absolute atomic E-state index is 13.4. The predicted octanol–water partition coefficient (Wildman–Crippen LogP) is 2.20. The van der Waals surface area contributed by atoms with Crippen molar-refractivity contribution in [1.29, 1.82) is 0 Å². The molecular formula is C10H6F2N4O. The van der Waals surface area contributed by atoms with Crippen LogP contribution in [0, 0.1) is 18.6 Å². The van der Waals surface area contributed by atoms with E-state index in [4.69, 9.17) is 0 Å². The van der Waals surface area contributed by atoms with E-state index in [0.29, 0.717) is 22.7 Å². The zero-order chi connectivity index (χ0) is 12.0. The molecule has 0 aliphatic heterocycles. The van der Waals surface area contributed by atoms with Crippen molar-refractivity contribution in [2.45, 2.75) is 6.92 Å². The van der Waals surface area contributed by atoms with E-state index in [9.17, 15) is 8.78 Å². The van der Waals surface area contributed by atoms with Crippen LogP contribution in [0.4, 0.5) is 8.78 Å². The second-order valence-corrected chi connectivity index (χ2v) is 3.54. The van der Waals surface area contributed by atoms with Gasteiger partial charge in [0.05, 0.1) is 5.52 Å². The van der Waals surface area contributed by atoms with Crippen LogP contribution >= 0.6 is 0 Å². The Labute approximate surface area is 93.4 Å². The highest BCUT2D eigenvalue weighted by molar-refractivity contribution is 5.79. The van der Waals surface area contributed by atoms with Gasteiger partial charge in [-0.3, -0.25) is 0 Å². The third-order valence-corrected chi connectivity index (χ3v) is 2.42. The summed E-state index contributed by atoms with van der Waals surface area (Å²) in [5.41, 5.74) is 1.22. The first-order valence-electron chi connectivity index (χ1n) is 4.80. The van der Waals surface area contributed by atoms with E-state index in [1.165, 1.54) is 6.07 Å². The first-order chi connectivity index (χ1) is 8.16. The standard InChI is InChI=1S/C10H6F2N4O/c1-4-8(16-17-15-4)10-13-6-3-2-5(11)7(12)9(6)14-10/h2-3H,1H3,(H,13,14). The summed E-state index contributed by atoms with van der Waals surface area (Å²) >= 11 is 0. The zero-order valence-corrected chi connectivity index (χ0v) is 8.66. The highest BCUT2D eigenvalue weighted by atomic mass is 19.2. The molecule has 0 atom stereocenters. The van der Waals surface area contributed by atoms with Crippen molar-refractivity contribution < 1.29 is 13.4 Å². The lowest BCUT2D eigenvalue weighted by Crippen LogP contribution is -1.85. The van der Waals surface area contributed by atoms with Crippen LogP contribution in [0.5, 0.6) is 0 Å². The van der Waals surface area contributed by atoms with Crippen molar-refractivity contribution in [3.8, 4) is 11.5 Å². The van der Waals surface area contributed by atoms with E-state index in [1.54, 1.807) is 6.92 Å². The number of aromatic amines is 1. The molecule has 0 saturated heterocycles. The van der Waals surface area contributed by atoms with Crippen LogP contribution < -0.4 is 0 Å². The van der Waals surface area contributed by atoms with Gasteiger partial charge in [0.15, 0.2) is 23.2 Å². The number of nitrogens with zero attached hydrogens (tertiary/aromatic N) is 3. The molecule has 0 spiro atoms. The monoisotopic (exact) mass is 236 g/mol. The summed E-state index contributed by atoms with van der Waals surface area (Å²) in [5.74, 6) is -1.63. The Hall–Kier alpha value is -2.31. The molecule has 1 aromatic carbocycles. The molecule has 17 heavy (non-hydrogen) atoms. The summed E-state index contributed by atoms with van der Waals surface area (Å²) < 4.78 is 31.0. The number of fused-ring (bicyclic) bond motifs is 1. The molecule has 0 unspecified atom stereocenters. The van der Waals surface area contributed by atoms with Gasteiger partial charge in [0.1, 0.15) is 11.2 Å². The van der Waals surface area contributed by atoms with Crippen molar-refractivity contribution >= 4 is 11.0 Å². The summed E-state index contributed by atoms with van der Waals surface area (Å²) in [6, 6.07) is 2.45. The Kier molecular flexibility index (Phi) is 1.94. The highest BCUT2D eigenvalue weighted by Crippen LogP contribution is 2.23. The molecule has 0 saturated carbocycles. The Morgan fingerprint density at radius 2 is 2.06 bits per heavy atom. The van der Waals surface area contributed by atoms with Gasteiger partial charge >= 0.3 is 0 Å². The lowest BCUT2D eigenvalue weighted by molar-refractivity contribution is 0.305. The van der Waals surface area contributed by atoms with E-state index in [2.05, 4.69) is 24.9 Å². The van der Waals surface area contributed by atoms with Gasteiger partial charge in [-0.05, 0) is 24.2 Å². The Balaban J connectivity index is 2.27. The minimum Gasteiger partial charge on any atom is -0.336 e. The van der Waals surface area contributed by atoms with Crippen LogP contribution in [0.2, 0.25) is 0 Å². The highest BCUT2D eigenvalue weighted by Gasteiger charge is 2.16. The molecule has 0 fully saturated rings. The molecule has 0 bridgehead atoms. The number of aromatic nitrogens is 4. The number of halogens is 2. The quantitative estimate of drug-likeness (QED) is 0.703. The topological polar surface area (TPSA) is 67.6 Å². The van der Waals surface area contributed by atoms with Crippen LogP contribution in [-0.2, 0) is 0 Å². The van der Waals surface area contributed by atoms with Gasteiger partial charge in [-0.2, -0.15) is 0 Å². The lowest BCUT2D eigenvalue weighted by Gasteiger charge is -1.91. The van der Waals surface area contributed by atoms with Crippen LogP contribution in [0.15, 0.2) is 16.8 Å². The molecule has 0 radical (unpaired) electrons. The van der Waals surface area contributed by atoms with E-state index in [1.807, 2.05) is 0 Å². The number of nitrogens with one attached hydrogen (secondary N) is 1. The molecule has 0 aliphatic rings. The van der Waals surface area contributed by atoms with Crippen molar-refractivity contribution in [1.82, 2.24) is 20.3 Å². The molecule has 3 rings (SSSR count). The summed E-state index contributed by atoms with van der Waals surface area (Å²) in [6.45, 7) is 1.68.